The molecule has 24 heavy (non-hydrogen) atoms. The third kappa shape index (κ3) is 5.89. The first kappa shape index (κ1) is 18.3. The minimum absolute atomic E-state index is 0.116. The van der Waals surface area contributed by atoms with Crippen molar-refractivity contribution in [1.29, 1.82) is 0 Å². The van der Waals surface area contributed by atoms with Crippen molar-refractivity contribution in [2.75, 3.05) is 6.61 Å². The Hall–Kier alpha value is -2.01. The van der Waals surface area contributed by atoms with Gasteiger partial charge in [0, 0.05) is 4.47 Å². The van der Waals surface area contributed by atoms with Gasteiger partial charge in [-0.2, -0.15) is 0 Å². The van der Waals surface area contributed by atoms with Gasteiger partial charge in [0.25, 0.3) is 5.91 Å². The number of carbonyl (C=O) groups is 1. The molecule has 0 spiro atoms. The average Bonchev–Trinajstić information content (AvgIpc) is 2.56. The van der Waals surface area contributed by atoms with Gasteiger partial charge in [-0.25, -0.2) is 0 Å². The summed E-state index contributed by atoms with van der Waals surface area (Å²) < 4.78 is 12.3. The maximum atomic E-state index is 12.2. The summed E-state index contributed by atoms with van der Waals surface area (Å²) in [5.41, 5.74) is 1.18. The molecule has 0 unspecified atom stereocenters. The molecule has 0 saturated heterocycles. The van der Waals surface area contributed by atoms with Crippen molar-refractivity contribution in [2.24, 2.45) is 0 Å². The lowest BCUT2D eigenvalue weighted by molar-refractivity contribution is -0.128. The van der Waals surface area contributed by atoms with Gasteiger partial charge in [-0.15, -0.1) is 0 Å². The lowest BCUT2D eigenvalue weighted by atomic mass is 10.2. The Morgan fingerprint density at radius 2 is 1.62 bits per heavy atom. The van der Waals surface area contributed by atoms with Gasteiger partial charge in [-0.05, 0) is 57.2 Å². The highest BCUT2D eigenvalue weighted by atomic mass is 79.9. The molecule has 2 aromatic rings. The Kier molecular flexibility index (Phi) is 6.67. The van der Waals surface area contributed by atoms with Crippen LogP contribution >= 0.6 is 15.9 Å². The second-order valence-corrected chi connectivity index (χ2v) is 6.66. The van der Waals surface area contributed by atoms with E-state index in [2.05, 4.69) is 21.2 Å². The zero-order valence-corrected chi connectivity index (χ0v) is 15.7. The molecule has 0 fully saturated rings. The number of amides is 1. The molecule has 0 radical (unpaired) electrons. The molecule has 1 amide bonds. The van der Waals surface area contributed by atoms with Crippen LogP contribution in [0.5, 0.6) is 11.5 Å². The molecule has 0 aromatic heterocycles. The van der Waals surface area contributed by atoms with Crippen LogP contribution in [0.4, 0.5) is 0 Å². The van der Waals surface area contributed by atoms with Crippen LogP contribution in [0.1, 0.15) is 19.4 Å². The van der Waals surface area contributed by atoms with E-state index >= 15 is 0 Å². The molecule has 0 bridgehead atoms. The van der Waals surface area contributed by atoms with Gasteiger partial charge in [0.05, 0.1) is 6.04 Å². The van der Waals surface area contributed by atoms with Crippen LogP contribution < -0.4 is 14.8 Å². The normalized spacial score (nSPS) is 13.0. The highest BCUT2D eigenvalue weighted by molar-refractivity contribution is 9.10. The molecule has 5 heteroatoms. The number of aryl methyl sites for hydroxylation is 1. The Morgan fingerprint density at radius 3 is 2.25 bits per heavy atom. The Balaban J connectivity index is 1.77. The van der Waals surface area contributed by atoms with E-state index in [1.54, 1.807) is 6.92 Å². The fourth-order valence-corrected chi connectivity index (χ4v) is 2.29. The number of hydrogen-bond acceptors (Lipinski definition) is 3. The zero-order valence-electron chi connectivity index (χ0n) is 14.1. The molecular formula is C19H22BrNO3. The van der Waals surface area contributed by atoms with Crippen molar-refractivity contribution in [2.45, 2.75) is 32.9 Å². The first-order valence-electron chi connectivity index (χ1n) is 7.86. The average molecular weight is 392 g/mol. The van der Waals surface area contributed by atoms with Crippen molar-refractivity contribution < 1.29 is 14.3 Å². The summed E-state index contributed by atoms with van der Waals surface area (Å²) in [6, 6.07) is 15.1. The van der Waals surface area contributed by atoms with E-state index < -0.39 is 6.10 Å². The van der Waals surface area contributed by atoms with Crippen LogP contribution in [0.3, 0.4) is 0 Å². The maximum absolute atomic E-state index is 12.2. The summed E-state index contributed by atoms with van der Waals surface area (Å²) in [5.74, 6) is 1.28. The Bertz CT molecular complexity index is 655. The smallest absolute Gasteiger partial charge is 0.261 e. The molecule has 0 saturated carbocycles. The highest BCUT2D eigenvalue weighted by Gasteiger charge is 2.17. The quantitative estimate of drug-likeness (QED) is 0.772. The minimum atomic E-state index is -0.576. The van der Waals surface area contributed by atoms with E-state index in [1.807, 2.05) is 62.4 Å². The number of halogens is 1. The maximum Gasteiger partial charge on any atom is 0.261 e. The molecule has 0 heterocycles. The van der Waals surface area contributed by atoms with Gasteiger partial charge in [-0.3, -0.25) is 4.79 Å². The van der Waals surface area contributed by atoms with Crippen LogP contribution in [0.2, 0.25) is 0 Å². The summed E-state index contributed by atoms with van der Waals surface area (Å²) in [7, 11) is 0. The summed E-state index contributed by atoms with van der Waals surface area (Å²) in [6.07, 6.45) is -0.576. The van der Waals surface area contributed by atoms with E-state index in [9.17, 15) is 4.79 Å². The molecule has 128 valence electrons. The van der Waals surface area contributed by atoms with Crippen molar-refractivity contribution in [3.8, 4) is 11.5 Å². The summed E-state index contributed by atoms with van der Waals surface area (Å²) in [4.78, 5) is 12.2. The van der Waals surface area contributed by atoms with Crippen LogP contribution in [0, 0.1) is 6.92 Å². The second-order valence-electron chi connectivity index (χ2n) is 5.75. The molecule has 0 aliphatic rings. The van der Waals surface area contributed by atoms with Crippen molar-refractivity contribution >= 4 is 21.8 Å². The first-order valence-corrected chi connectivity index (χ1v) is 8.65. The SMILES string of the molecule is Cc1ccc(OC[C@@H](C)NC(=O)[C@H](C)Oc2ccc(Br)cc2)cc1. The summed E-state index contributed by atoms with van der Waals surface area (Å²) >= 11 is 3.36. The lowest BCUT2D eigenvalue weighted by Gasteiger charge is -2.19. The van der Waals surface area contributed by atoms with Crippen molar-refractivity contribution in [1.82, 2.24) is 5.32 Å². The van der Waals surface area contributed by atoms with Gasteiger partial charge in [0.2, 0.25) is 0 Å². The number of nitrogens with one attached hydrogen (secondary N) is 1. The molecule has 1 N–H and O–H groups in total. The third-order valence-electron chi connectivity index (χ3n) is 3.41. The van der Waals surface area contributed by atoms with Crippen molar-refractivity contribution in [3.05, 3.63) is 58.6 Å². The molecular weight excluding hydrogens is 370 g/mol. The van der Waals surface area contributed by atoms with Crippen LogP contribution in [0.25, 0.3) is 0 Å². The molecule has 2 atom stereocenters. The lowest BCUT2D eigenvalue weighted by Crippen LogP contribution is -2.43. The molecule has 0 aliphatic heterocycles. The van der Waals surface area contributed by atoms with E-state index in [4.69, 9.17) is 9.47 Å². The van der Waals surface area contributed by atoms with Gasteiger partial charge < -0.3 is 14.8 Å². The molecule has 4 nitrogen and oxygen atoms in total. The zero-order chi connectivity index (χ0) is 17.5. The summed E-state index contributed by atoms with van der Waals surface area (Å²) in [6.45, 7) is 6.06. The minimum Gasteiger partial charge on any atom is -0.491 e. The first-order chi connectivity index (χ1) is 11.4. The van der Waals surface area contributed by atoms with Gasteiger partial charge in [0.1, 0.15) is 18.1 Å². The predicted octanol–water partition coefficient (Wildman–Crippen LogP) is 4.11. The van der Waals surface area contributed by atoms with E-state index in [1.165, 1.54) is 5.56 Å². The standard InChI is InChI=1S/C19H22BrNO3/c1-13-4-8-17(9-5-13)23-12-14(2)21-19(22)15(3)24-18-10-6-16(20)7-11-18/h4-11,14-15H,12H2,1-3H3,(H,21,22)/t14-,15+/m1/s1. The topological polar surface area (TPSA) is 47.6 Å². The van der Waals surface area contributed by atoms with Gasteiger partial charge in [-0.1, -0.05) is 33.6 Å². The predicted molar refractivity (Wildman–Crippen MR) is 98.5 cm³/mol. The number of hydrogen-bond donors (Lipinski definition) is 1. The van der Waals surface area contributed by atoms with E-state index in [-0.39, 0.29) is 11.9 Å². The molecule has 2 rings (SSSR count). The Morgan fingerprint density at radius 1 is 1.04 bits per heavy atom. The van der Waals surface area contributed by atoms with Crippen LogP contribution in [-0.2, 0) is 4.79 Å². The van der Waals surface area contributed by atoms with E-state index in [0.717, 1.165) is 10.2 Å². The summed E-state index contributed by atoms with van der Waals surface area (Å²) in [5, 5.41) is 2.89. The van der Waals surface area contributed by atoms with E-state index in [0.29, 0.717) is 12.4 Å². The van der Waals surface area contributed by atoms with Crippen LogP contribution in [-0.4, -0.2) is 24.7 Å². The second kappa shape index (κ2) is 8.73. The van der Waals surface area contributed by atoms with Gasteiger partial charge >= 0.3 is 0 Å². The molecule has 0 aliphatic carbocycles. The number of benzene rings is 2. The van der Waals surface area contributed by atoms with Gasteiger partial charge in [0.15, 0.2) is 6.10 Å². The number of carbonyl (C=O) groups excluding carboxylic acids is 1. The highest BCUT2D eigenvalue weighted by Crippen LogP contribution is 2.17. The fourth-order valence-electron chi connectivity index (χ4n) is 2.03. The van der Waals surface area contributed by atoms with Crippen molar-refractivity contribution in [3.63, 3.8) is 0 Å². The largest absolute Gasteiger partial charge is 0.491 e. The number of rotatable bonds is 7. The fraction of sp³-hybridized carbons (Fsp3) is 0.316. The Labute approximate surface area is 151 Å². The monoisotopic (exact) mass is 391 g/mol. The van der Waals surface area contributed by atoms with Crippen LogP contribution in [0.15, 0.2) is 53.0 Å². The third-order valence-corrected chi connectivity index (χ3v) is 3.93. The number of ether oxygens (including phenoxy) is 2. The molecule has 2 aromatic carbocycles.